The van der Waals surface area contributed by atoms with Crippen molar-refractivity contribution in [2.45, 2.75) is 0 Å². The van der Waals surface area contributed by atoms with Gasteiger partial charge in [-0.2, -0.15) is 5.10 Å². The van der Waals surface area contributed by atoms with Gasteiger partial charge in [-0.15, -0.1) is 0 Å². The maximum Gasteiger partial charge on any atom is 0.336 e. The molecule has 0 saturated heterocycles. The Morgan fingerprint density at radius 3 is 2.52 bits per heavy atom. The van der Waals surface area contributed by atoms with Crippen molar-refractivity contribution < 1.29 is 19.1 Å². The molecular formula is C18H17N3O4. The van der Waals surface area contributed by atoms with Crippen LogP contribution >= 0.6 is 0 Å². The van der Waals surface area contributed by atoms with Gasteiger partial charge in [0.25, 0.3) is 0 Å². The highest BCUT2D eigenvalue weighted by Gasteiger charge is 2.08. The van der Waals surface area contributed by atoms with Gasteiger partial charge in [-0.1, -0.05) is 30.3 Å². The minimum Gasteiger partial charge on any atom is -0.493 e. The SMILES string of the molecule is COc1cc(/C=N/NC(N)=O)ccc1OC(=O)/C=C/c1ccccc1. The van der Waals surface area contributed by atoms with Crippen LogP contribution in [0.5, 0.6) is 11.5 Å². The van der Waals surface area contributed by atoms with Crippen LogP contribution in [0.25, 0.3) is 6.08 Å². The predicted molar refractivity (Wildman–Crippen MR) is 94.4 cm³/mol. The van der Waals surface area contributed by atoms with E-state index in [4.69, 9.17) is 15.2 Å². The Kier molecular flexibility index (Phi) is 6.30. The number of rotatable bonds is 6. The Balaban J connectivity index is 2.06. The molecule has 0 aliphatic heterocycles. The van der Waals surface area contributed by atoms with Crippen LogP contribution in [0.2, 0.25) is 0 Å². The fourth-order valence-electron chi connectivity index (χ4n) is 1.89. The number of ether oxygens (including phenoxy) is 2. The zero-order chi connectivity index (χ0) is 18.1. The van der Waals surface area contributed by atoms with E-state index < -0.39 is 12.0 Å². The highest BCUT2D eigenvalue weighted by molar-refractivity contribution is 5.89. The number of nitrogens with two attached hydrogens (primary N) is 1. The summed E-state index contributed by atoms with van der Waals surface area (Å²) in [4.78, 5) is 22.5. The van der Waals surface area contributed by atoms with Crippen molar-refractivity contribution in [2.75, 3.05) is 7.11 Å². The van der Waals surface area contributed by atoms with E-state index in [1.807, 2.05) is 30.3 Å². The molecule has 2 aromatic carbocycles. The first kappa shape index (κ1) is 17.7. The van der Waals surface area contributed by atoms with E-state index in [-0.39, 0.29) is 5.75 Å². The van der Waals surface area contributed by atoms with E-state index in [0.717, 1.165) is 5.56 Å². The number of hydrogen-bond donors (Lipinski definition) is 2. The lowest BCUT2D eigenvalue weighted by molar-refractivity contribution is -0.129. The smallest absolute Gasteiger partial charge is 0.336 e. The number of carbonyl (C=O) groups excluding carboxylic acids is 2. The van der Waals surface area contributed by atoms with Crippen LogP contribution < -0.4 is 20.6 Å². The summed E-state index contributed by atoms with van der Waals surface area (Å²) in [6.45, 7) is 0. The summed E-state index contributed by atoms with van der Waals surface area (Å²) in [5.74, 6) is 0.0914. The molecule has 128 valence electrons. The molecule has 25 heavy (non-hydrogen) atoms. The highest BCUT2D eigenvalue weighted by atomic mass is 16.6. The summed E-state index contributed by atoms with van der Waals surface area (Å²) in [6, 6.07) is 13.5. The number of benzene rings is 2. The van der Waals surface area contributed by atoms with Gasteiger partial charge in [-0.25, -0.2) is 15.0 Å². The zero-order valence-electron chi connectivity index (χ0n) is 13.5. The number of nitrogens with zero attached hydrogens (tertiary/aromatic N) is 1. The van der Waals surface area contributed by atoms with Crippen molar-refractivity contribution in [3.8, 4) is 11.5 Å². The molecule has 0 bridgehead atoms. The quantitative estimate of drug-likeness (QED) is 0.277. The Labute approximate surface area is 144 Å². The molecule has 0 saturated carbocycles. The summed E-state index contributed by atoms with van der Waals surface area (Å²) in [6.07, 6.45) is 4.38. The molecule has 0 spiro atoms. The third kappa shape index (κ3) is 5.83. The van der Waals surface area contributed by atoms with Gasteiger partial charge in [-0.05, 0) is 35.4 Å². The van der Waals surface area contributed by atoms with Gasteiger partial charge in [0.1, 0.15) is 0 Å². The summed E-state index contributed by atoms with van der Waals surface area (Å²) >= 11 is 0. The number of hydrogen-bond acceptors (Lipinski definition) is 5. The Morgan fingerprint density at radius 2 is 1.84 bits per heavy atom. The minimum atomic E-state index is -0.765. The van der Waals surface area contributed by atoms with Crippen LogP contribution in [0.3, 0.4) is 0 Å². The lowest BCUT2D eigenvalue weighted by Crippen LogP contribution is -2.24. The van der Waals surface area contributed by atoms with Crippen molar-refractivity contribution in [3.05, 3.63) is 65.7 Å². The predicted octanol–water partition coefficient (Wildman–Crippen LogP) is 2.32. The highest BCUT2D eigenvalue weighted by Crippen LogP contribution is 2.27. The number of esters is 1. The number of nitrogens with one attached hydrogen (secondary N) is 1. The molecule has 0 aliphatic rings. The van der Waals surface area contributed by atoms with Gasteiger partial charge in [0.2, 0.25) is 0 Å². The molecule has 0 heterocycles. The number of hydrazone groups is 1. The first-order valence-corrected chi connectivity index (χ1v) is 7.30. The number of carbonyl (C=O) groups is 2. The molecule has 0 aromatic heterocycles. The first-order chi connectivity index (χ1) is 12.1. The second-order valence-corrected chi connectivity index (χ2v) is 4.81. The summed E-state index contributed by atoms with van der Waals surface area (Å²) in [5.41, 5.74) is 8.51. The maximum absolute atomic E-state index is 11.9. The Morgan fingerprint density at radius 1 is 1.08 bits per heavy atom. The first-order valence-electron chi connectivity index (χ1n) is 7.30. The topological polar surface area (TPSA) is 103 Å². The van der Waals surface area contributed by atoms with Crippen molar-refractivity contribution in [2.24, 2.45) is 10.8 Å². The maximum atomic E-state index is 11.9. The van der Waals surface area contributed by atoms with E-state index in [1.54, 1.807) is 24.3 Å². The molecule has 0 fully saturated rings. The second kappa shape index (κ2) is 8.88. The Hall–Kier alpha value is -3.61. The van der Waals surface area contributed by atoms with Gasteiger partial charge in [0.15, 0.2) is 11.5 Å². The fraction of sp³-hybridized carbons (Fsp3) is 0.0556. The van der Waals surface area contributed by atoms with Gasteiger partial charge in [-0.3, -0.25) is 0 Å². The standard InChI is InChI=1S/C18H17N3O4/c1-24-16-11-14(12-20-21-18(19)23)7-9-15(16)25-17(22)10-8-13-5-3-2-4-6-13/h2-12H,1H3,(H3,19,21,23)/b10-8+,20-12+. The molecule has 2 amide bonds. The molecule has 7 nitrogen and oxygen atoms in total. The number of methoxy groups -OCH3 is 1. The minimum absolute atomic E-state index is 0.269. The number of primary amides is 1. The van der Waals surface area contributed by atoms with Crippen LogP contribution in [0.4, 0.5) is 4.79 Å². The van der Waals surface area contributed by atoms with E-state index in [0.29, 0.717) is 11.3 Å². The van der Waals surface area contributed by atoms with Crippen LogP contribution in [0.15, 0.2) is 59.7 Å². The van der Waals surface area contributed by atoms with Crippen LogP contribution in [0, 0.1) is 0 Å². The molecule has 2 aromatic rings. The van der Waals surface area contributed by atoms with E-state index in [2.05, 4.69) is 10.5 Å². The molecule has 7 heteroatoms. The summed E-state index contributed by atoms with van der Waals surface area (Å²) in [5, 5.41) is 3.65. The van der Waals surface area contributed by atoms with Gasteiger partial charge >= 0.3 is 12.0 Å². The lowest BCUT2D eigenvalue weighted by atomic mass is 10.2. The monoisotopic (exact) mass is 339 g/mol. The third-order valence-electron chi connectivity index (χ3n) is 3.00. The average Bonchev–Trinajstić information content (AvgIpc) is 2.61. The van der Waals surface area contributed by atoms with Gasteiger partial charge < -0.3 is 15.2 Å². The number of amides is 2. The molecular weight excluding hydrogens is 322 g/mol. The summed E-state index contributed by atoms with van der Waals surface area (Å²) in [7, 11) is 1.45. The molecule has 2 rings (SSSR count). The molecule has 3 N–H and O–H groups in total. The second-order valence-electron chi connectivity index (χ2n) is 4.81. The molecule has 0 atom stereocenters. The summed E-state index contributed by atoms with van der Waals surface area (Å²) < 4.78 is 10.5. The lowest BCUT2D eigenvalue weighted by Gasteiger charge is -2.08. The van der Waals surface area contributed by atoms with E-state index in [1.165, 1.54) is 19.4 Å². The molecule has 0 unspecified atom stereocenters. The third-order valence-corrected chi connectivity index (χ3v) is 3.00. The van der Waals surface area contributed by atoms with Crippen molar-refractivity contribution in [3.63, 3.8) is 0 Å². The largest absolute Gasteiger partial charge is 0.493 e. The van der Waals surface area contributed by atoms with Crippen molar-refractivity contribution in [1.82, 2.24) is 5.43 Å². The Bertz CT molecular complexity index is 801. The molecule has 0 aliphatic carbocycles. The van der Waals surface area contributed by atoms with Crippen molar-refractivity contribution >= 4 is 24.3 Å². The van der Waals surface area contributed by atoms with E-state index in [9.17, 15) is 9.59 Å². The van der Waals surface area contributed by atoms with Crippen LogP contribution in [0.1, 0.15) is 11.1 Å². The van der Waals surface area contributed by atoms with Crippen LogP contribution in [-0.4, -0.2) is 25.3 Å². The number of urea groups is 1. The normalized spacial score (nSPS) is 10.8. The fourth-order valence-corrected chi connectivity index (χ4v) is 1.89. The van der Waals surface area contributed by atoms with Crippen molar-refractivity contribution in [1.29, 1.82) is 0 Å². The van der Waals surface area contributed by atoms with Gasteiger partial charge in [0.05, 0.1) is 13.3 Å². The van der Waals surface area contributed by atoms with Gasteiger partial charge in [0, 0.05) is 6.08 Å². The van der Waals surface area contributed by atoms with Crippen LogP contribution in [-0.2, 0) is 4.79 Å². The average molecular weight is 339 g/mol. The zero-order valence-corrected chi connectivity index (χ0v) is 13.5. The molecule has 0 radical (unpaired) electrons. The van der Waals surface area contributed by atoms with E-state index >= 15 is 0 Å².